The highest BCUT2D eigenvalue weighted by molar-refractivity contribution is 7.92. The second-order valence-corrected chi connectivity index (χ2v) is 11.4. The van der Waals surface area contributed by atoms with Gasteiger partial charge in [0.25, 0.3) is 10.0 Å². The average Bonchev–Trinajstić information content (AvgIpc) is 2.92. The number of halogens is 2. The van der Waals surface area contributed by atoms with E-state index in [1.165, 1.54) is 36.4 Å². The number of benzene rings is 4. The molecule has 4 rings (SSSR count). The Kier molecular flexibility index (Phi) is 8.89. The topological polar surface area (TPSA) is 75.7 Å². The molecule has 1 N–H and O–H groups in total. The normalized spacial score (nSPS) is 11.2. The molecule has 1 amide bonds. The molecule has 0 unspecified atom stereocenters. The first kappa shape index (κ1) is 28.1. The van der Waals surface area contributed by atoms with E-state index in [9.17, 15) is 17.6 Å². The van der Waals surface area contributed by atoms with Gasteiger partial charge in [-0.2, -0.15) is 0 Å². The molecule has 0 aliphatic heterocycles. The van der Waals surface area contributed by atoms with Crippen LogP contribution in [0.25, 0.3) is 0 Å². The van der Waals surface area contributed by atoms with Crippen LogP contribution in [0.3, 0.4) is 0 Å². The lowest BCUT2D eigenvalue weighted by Gasteiger charge is -2.25. The molecule has 0 heterocycles. The van der Waals surface area contributed by atoms with Gasteiger partial charge in [0.1, 0.15) is 24.7 Å². The Morgan fingerprint density at radius 2 is 1.51 bits per heavy atom. The minimum atomic E-state index is -4.04. The molecular weight excluding hydrogens is 539 g/mol. The van der Waals surface area contributed by atoms with Gasteiger partial charge in [-0.05, 0) is 96.8 Å². The Balaban J connectivity index is 1.42. The number of rotatable bonds is 10. The molecule has 202 valence electrons. The molecule has 6 nitrogen and oxygen atoms in total. The standard InChI is InChI=1S/C30H28ClFN2O4S/c1-21-3-12-27(17-22(21)2)34(39(36,37)29-15-8-25(31)9-16-29)19-30(35)33-18-23-6-13-28(14-7-23)38-20-24-4-10-26(32)11-5-24/h3-17H,18-20H2,1-2H3,(H,33,35). The second kappa shape index (κ2) is 12.3. The third kappa shape index (κ3) is 7.37. The molecule has 0 saturated carbocycles. The molecule has 0 saturated heterocycles. The van der Waals surface area contributed by atoms with E-state index in [4.69, 9.17) is 16.3 Å². The summed E-state index contributed by atoms with van der Waals surface area (Å²) in [6.07, 6.45) is 0. The Morgan fingerprint density at radius 3 is 2.15 bits per heavy atom. The van der Waals surface area contributed by atoms with Crippen LogP contribution in [0.1, 0.15) is 22.3 Å². The lowest BCUT2D eigenvalue weighted by atomic mass is 10.1. The Hall–Kier alpha value is -3.88. The molecule has 0 aliphatic carbocycles. The number of sulfonamides is 1. The van der Waals surface area contributed by atoms with E-state index in [2.05, 4.69) is 5.32 Å². The molecule has 39 heavy (non-hydrogen) atoms. The zero-order valence-electron chi connectivity index (χ0n) is 21.5. The maximum Gasteiger partial charge on any atom is 0.264 e. The summed E-state index contributed by atoms with van der Waals surface area (Å²) in [5.41, 5.74) is 3.97. The van der Waals surface area contributed by atoms with Gasteiger partial charge in [0, 0.05) is 11.6 Å². The Morgan fingerprint density at radius 1 is 0.872 bits per heavy atom. The molecule has 4 aromatic carbocycles. The fourth-order valence-corrected chi connectivity index (χ4v) is 5.31. The van der Waals surface area contributed by atoms with Gasteiger partial charge in [0.15, 0.2) is 0 Å². The lowest BCUT2D eigenvalue weighted by molar-refractivity contribution is -0.119. The van der Waals surface area contributed by atoms with Crippen LogP contribution < -0.4 is 14.4 Å². The van der Waals surface area contributed by atoms with Crippen molar-refractivity contribution in [2.75, 3.05) is 10.8 Å². The molecule has 0 bridgehead atoms. The van der Waals surface area contributed by atoms with Crippen molar-refractivity contribution in [2.45, 2.75) is 31.9 Å². The van der Waals surface area contributed by atoms with Crippen LogP contribution in [-0.4, -0.2) is 20.9 Å². The van der Waals surface area contributed by atoms with E-state index in [0.29, 0.717) is 23.1 Å². The highest BCUT2D eigenvalue weighted by Gasteiger charge is 2.27. The van der Waals surface area contributed by atoms with E-state index < -0.39 is 22.5 Å². The van der Waals surface area contributed by atoms with Crippen LogP contribution >= 0.6 is 11.6 Å². The van der Waals surface area contributed by atoms with Crippen LogP contribution in [0, 0.1) is 19.7 Å². The molecular formula is C30H28ClFN2O4S. The monoisotopic (exact) mass is 566 g/mol. The van der Waals surface area contributed by atoms with Crippen molar-refractivity contribution in [3.8, 4) is 5.75 Å². The van der Waals surface area contributed by atoms with Gasteiger partial charge in [-0.25, -0.2) is 12.8 Å². The molecule has 0 aliphatic rings. The third-order valence-corrected chi connectivity index (χ3v) is 8.24. The minimum Gasteiger partial charge on any atom is -0.489 e. The number of carbonyl (C=O) groups excluding carboxylic acids is 1. The van der Waals surface area contributed by atoms with E-state index in [1.807, 2.05) is 32.0 Å². The summed E-state index contributed by atoms with van der Waals surface area (Å²) in [5, 5.41) is 3.21. The third-order valence-electron chi connectivity index (χ3n) is 6.20. The van der Waals surface area contributed by atoms with E-state index >= 15 is 0 Å². The number of amides is 1. The SMILES string of the molecule is Cc1ccc(N(CC(=O)NCc2ccc(OCc3ccc(F)cc3)cc2)S(=O)(=O)c2ccc(Cl)cc2)cc1C. The number of carbonyl (C=O) groups is 1. The first-order valence-electron chi connectivity index (χ1n) is 12.2. The number of anilines is 1. The highest BCUT2D eigenvalue weighted by atomic mass is 35.5. The number of aryl methyl sites for hydroxylation is 2. The number of ether oxygens (including phenoxy) is 1. The molecule has 0 radical (unpaired) electrons. The highest BCUT2D eigenvalue weighted by Crippen LogP contribution is 2.26. The predicted octanol–water partition coefficient (Wildman–Crippen LogP) is 6.19. The summed E-state index contributed by atoms with van der Waals surface area (Å²) < 4.78 is 47.0. The first-order valence-corrected chi connectivity index (χ1v) is 14.0. The van der Waals surface area contributed by atoms with Gasteiger partial charge in [0.05, 0.1) is 10.6 Å². The fourth-order valence-electron chi connectivity index (χ4n) is 3.77. The van der Waals surface area contributed by atoms with E-state index in [0.717, 1.165) is 26.6 Å². The van der Waals surface area contributed by atoms with Crippen LogP contribution in [0.5, 0.6) is 5.75 Å². The zero-order valence-corrected chi connectivity index (χ0v) is 23.1. The lowest BCUT2D eigenvalue weighted by Crippen LogP contribution is -2.40. The summed E-state index contributed by atoms with van der Waals surface area (Å²) in [7, 11) is -4.04. The number of nitrogens with one attached hydrogen (secondary N) is 1. The maximum atomic E-state index is 13.5. The maximum absolute atomic E-state index is 13.5. The second-order valence-electron chi connectivity index (χ2n) is 9.07. The molecule has 0 aromatic heterocycles. The van der Waals surface area contributed by atoms with Crippen molar-refractivity contribution >= 4 is 33.2 Å². The predicted molar refractivity (Wildman–Crippen MR) is 151 cm³/mol. The largest absolute Gasteiger partial charge is 0.489 e. The first-order chi connectivity index (χ1) is 18.6. The Labute approximate surface area is 233 Å². The van der Waals surface area contributed by atoms with E-state index in [-0.39, 0.29) is 17.3 Å². The van der Waals surface area contributed by atoms with Gasteiger partial charge in [-0.1, -0.05) is 41.9 Å². The molecule has 4 aromatic rings. The average molecular weight is 567 g/mol. The van der Waals surface area contributed by atoms with Gasteiger partial charge in [-0.3, -0.25) is 9.10 Å². The number of hydrogen-bond acceptors (Lipinski definition) is 4. The minimum absolute atomic E-state index is 0.0363. The quantitative estimate of drug-likeness (QED) is 0.248. The zero-order chi connectivity index (χ0) is 28.0. The Bertz CT molecular complexity index is 1540. The summed E-state index contributed by atoms with van der Waals surface area (Å²) in [5.74, 6) is -0.128. The van der Waals surface area contributed by atoms with Crippen molar-refractivity contribution in [1.82, 2.24) is 5.32 Å². The van der Waals surface area contributed by atoms with Crippen LogP contribution in [-0.2, 0) is 28.0 Å². The van der Waals surface area contributed by atoms with Gasteiger partial charge >= 0.3 is 0 Å². The van der Waals surface area contributed by atoms with Crippen LogP contribution in [0.15, 0.2) is 95.9 Å². The van der Waals surface area contributed by atoms with Crippen LogP contribution in [0.2, 0.25) is 5.02 Å². The van der Waals surface area contributed by atoms with Gasteiger partial charge < -0.3 is 10.1 Å². The number of nitrogens with zero attached hydrogens (tertiary/aromatic N) is 1. The summed E-state index contributed by atoms with van der Waals surface area (Å²) >= 11 is 5.95. The molecule has 0 fully saturated rings. The summed E-state index contributed by atoms with van der Waals surface area (Å²) in [4.78, 5) is 13.0. The summed E-state index contributed by atoms with van der Waals surface area (Å²) in [6, 6.07) is 24.4. The van der Waals surface area contributed by atoms with Crippen molar-refractivity contribution in [2.24, 2.45) is 0 Å². The van der Waals surface area contributed by atoms with Crippen molar-refractivity contribution < 1.29 is 22.3 Å². The summed E-state index contributed by atoms with van der Waals surface area (Å²) in [6.45, 7) is 3.93. The smallest absolute Gasteiger partial charge is 0.264 e. The molecule has 9 heteroatoms. The molecule has 0 atom stereocenters. The molecule has 0 spiro atoms. The van der Waals surface area contributed by atoms with Crippen LogP contribution in [0.4, 0.5) is 10.1 Å². The van der Waals surface area contributed by atoms with Gasteiger partial charge in [0.2, 0.25) is 5.91 Å². The van der Waals surface area contributed by atoms with E-state index in [1.54, 1.807) is 36.4 Å². The van der Waals surface area contributed by atoms with Gasteiger partial charge in [-0.15, -0.1) is 0 Å². The van der Waals surface area contributed by atoms with Crippen molar-refractivity contribution in [1.29, 1.82) is 0 Å². The fraction of sp³-hybridized carbons (Fsp3) is 0.167. The van der Waals surface area contributed by atoms with Crippen molar-refractivity contribution in [3.63, 3.8) is 0 Å². The number of hydrogen-bond donors (Lipinski definition) is 1. The van der Waals surface area contributed by atoms with Crippen molar-refractivity contribution in [3.05, 3.63) is 124 Å².